The smallest absolute Gasteiger partial charge is 0.141 e. The molecule has 1 nitrogen and oxygen atoms in total. The lowest BCUT2D eigenvalue weighted by Gasteiger charge is -2.13. The van der Waals surface area contributed by atoms with E-state index in [1.54, 1.807) is 0 Å². The zero-order valence-corrected chi connectivity index (χ0v) is 10.1. The Kier molecular flexibility index (Phi) is 3.29. The molecule has 1 heteroatoms. The van der Waals surface area contributed by atoms with Crippen molar-refractivity contribution in [3.8, 4) is 5.75 Å². The van der Waals surface area contributed by atoms with Gasteiger partial charge in [-0.1, -0.05) is 62.6 Å². The number of fused-ring (bicyclic) bond motifs is 1. The maximum Gasteiger partial charge on any atom is 0.141 e. The zero-order chi connectivity index (χ0) is 12.3. The molecule has 0 aromatic heterocycles. The van der Waals surface area contributed by atoms with Gasteiger partial charge in [-0.3, -0.25) is 0 Å². The van der Waals surface area contributed by atoms with E-state index in [-0.39, 0.29) is 0 Å². The number of hydrogen-bond donors (Lipinski definition) is 0. The summed E-state index contributed by atoms with van der Waals surface area (Å²) < 4.78 is 5.83. The third-order valence-electron chi connectivity index (χ3n) is 2.77. The van der Waals surface area contributed by atoms with Crippen LogP contribution in [0.25, 0.3) is 16.8 Å². The van der Waals surface area contributed by atoms with Gasteiger partial charge in [0.1, 0.15) is 5.75 Å². The van der Waals surface area contributed by atoms with Crippen LogP contribution in [0.15, 0.2) is 55.3 Å². The van der Waals surface area contributed by atoms with Crippen LogP contribution in [0.3, 0.4) is 0 Å². The van der Waals surface area contributed by atoms with E-state index in [1.165, 1.54) is 0 Å². The van der Waals surface area contributed by atoms with Crippen LogP contribution in [-0.2, 0) is 0 Å². The molecular weight excluding hydrogens is 208 g/mol. The highest BCUT2D eigenvalue weighted by molar-refractivity contribution is 5.91. The lowest BCUT2D eigenvalue weighted by atomic mass is 10.1. The van der Waals surface area contributed by atoms with Crippen LogP contribution in [0, 0.1) is 0 Å². The molecule has 17 heavy (non-hydrogen) atoms. The summed E-state index contributed by atoms with van der Waals surface area (Å²) in [7, 11) is 0. The fraction of sp³-hybridized carbons (Fsp3) is 0.125. The second-order valence-corrected chi connectivity index (χ2v) is 3.90. The number of rotatable bonds is 4. The van der Waals surface area contributed by atoms with Crippen molar-refractivity contribution in [2.45, 2.75) is 13.3 Å². The average Bonchev–Trinajstić information content (AvgIpc) is 2.39. The van der Waals surface area contributed by atoms with Crippen molar-refractivity contribution in [2.75, 3.05) is 0 Å². The Labute approximate surface area is 102 Å². The van der Waals surface area contributed by atoms with E-state index in [4.69, 9.17) is 4.74 Å². The standard InChI is InChI=1S/C16H16O/c1-4-12(3)17-16-13(5-2)10-11-14-8-6-7-9-15(14)16/h5-11H,2-4H2,1H3. The SMILES string of the molecule is C=Cc1ccc2ccccc2c1OC(=C)CC. The third-order valence-corrected chi connectivity index (χ3v) is 2.77. The molecule has 86 valence electrons. The van der Waals surface area contributed by atoms with Crippen molar-refractivity contribution in [1.82, 2.24) is 0 Å². The van der Waals surface area contributed by atoms with Gasteiger partial charge >= 0.3 is 0 Å². The second-order valence-electron chi connectivity index (χ2n) is 3.90. The van der Waals surface area contributed by atoms with Crippen LogP contribution in [0.1, 0.15) is 18.9 Å². The predicted octanol–water partition coefficient (Wildman–Crippen LogP) is 4.79. The van der Waals surface area contributed by atoms with Gasteiger partial charge in [0.15, 0.2) is 0 Å². The molecule has 0 saturated heterocycles. The molecule has 0 aliphatic carbocycles. The highest BCUT2D eigenvalue weighted by Crippen LogP contribution is 2.32. The van der Waals surface area contributed by atoms with Crippen molar-refractivity contribution < 1.29 is 4.74 Å². The minimum atomic E-state index is 0.768. The summed E-state index contributed by atoms with van der Waals surface area (Å²) in [5.74, 6) is 1.62. The molecule has 0 unspecified atom stereocenters. The first-order valence-corrected chi connectivity index (χ1v) is 5.76. The summed E-state index contributed by atoms with van der Waals surface area (Å²) in [6.45, 7) is 9.74. The summed E-state index contributed by atoms with van der Waals surface area (Å²) in [5, 5.41) is 2.26. The van der Waals surface area contributed by atoms with E-state index in [0.29, 0.717) is 0 Å². The van der Waals surface area contributed by atoms with Crippen molar-refractivity contribution in [1.29, 1.82) is 0 Å². The minimum Gasteiger partial charge on any atom is -0.461 e. The largest absolute Gasteiger partial charge is 0.461 e. The summed E-state index contributed by atoms with van der Waals surface area (Å²) in [6.07, 6.45) is 2.62. The highest BCUT2D eigenvalue weighted by Gasteiger charge is 2.07. The monoisotopic (exact) mass is 224 g/mol. The number of hydrogen-bond acceptors (Lipinski definition) is 1. The van der Waals surface area contributed by atoms with E-state index in [0.717, 1.165) is 34.3 Å². The van der Waals surface area contributed by atoms with Gasteiger partial charge < -0.3 is 4.74 Å². The Morgan fingerprint density at radius 3 is 2.71 bits per heavy atom. The van der Waals surface area contributed by atoms with Gasteiger partial charge in [0.25, 0.3) is 0 Å². The number of benzene rings is 2. The highest BCUT2D eigenvalue weighted by atomic mass is 16.5. The molecule has 0 radical (unpaired) electrons. The van der Waals surface area contributed by atoms with Crippen molar-refractivity contribution in [3.05, 3.63) is 60.9 Å². The van der Waals surface area contributed by atoms with Crippen LogP contribution in [0.5, 0.6) is 5.75 Å². The molecule has 2 aromatic carbocycles. The van der Waals surface area contributed by atoms with Crippen LogP contribution in [0.4, 0.5) is 0 Å². The maximum absolute atomic E-state index is 5.83. The van der Waals surface area contributed by atoms with E-state index in [9.17, 15) is 0 Å². The molecule has 0 heterocycles. The van der Waals surface area contributed by atoms with Crippen LogP contribution < -0.4 is 4.74 Å². The normalized spacial score (nSPS) is 10.2. The fourth-order valence-corrected chi connectivity index (χ4v) is 1.75. The second kappa shape index (κ2) is 4.88. The quantitative estimate of drug-likeness (QED) is 0.679. The number of allylic oxidation sites excluding steroid dienone is 1. The molecule has 0 N–H and O–H groups in total. The summed E-state index contributed by atoms with van der Waals surface area (Å²) >= 11 is 0. The van der Waals surface area contributed by atoms with Gasteiger partial charge in [-0.05, 0) is 5.39 Å². The van der Waals surface area contributed by atoms with E-state index in [2.05, 4.69) is 31.4 Å². The first-order valence-electron chi connectivity index (χ1n) is 5.76. The van der Waals surface area contributed by atoms with Crippen LogP contribution >= 0.6 is 0 Å². The Morgan fingerprint density at radius 2 is 2.00 bits per heavy atom. The Balaban J connectivity index is 2.62. The van der Waals surface area contributed by atoms with E-state index >= 15 is 0 Å². The first kappa shape index (κ1) is 11.5. The molecule has 2 rings (SSSR count). The summed E-state index contributed by atoms with van der Waals surface area (Å²) in [5.41, 5.74) is 0.998. The topological polar surface area (TPSA) is 9.23 Å². The molecule has 0 saturated carbocycles. The van der Waals surface area contributed by atoms with Gasteiger partial charge in [0.2, 0.25) is 0 Å². The summed E-state index contributed by atoms with van der Waals surface area (Å²) in [4.78, 5) is 0. The van der Waals surface area contributed by atoms with Crippen LogP contribution in [0.2, 0.25) is 0 Å². The molecule has 0 aliphatic heterocycles. The first-order chi connectivity index (χ1) is 8.26. The zero-order valence-electron chi connectivity index (χ0n) is 10.1. The van der Waals surface area contributed by atoms with Crippen molar-refractivity contribution in [2.24, 2.45) is 0 Å². The molecule has 0 atom stereocenters. The lowest BCUT2D eigenvalue weighted by molar-refractivity contribution is 0.416. The predicted molar refractivity (Wildman–Crippen MR) is 74.1 cm³/mol. The molecule has 0 bridgehead atoms. The van der Waals surface area contributed by atoms with Gasteiger partial charge in [0, 0.05) is 17.4 Å². The molecule has 0 fully saturated rings. The minimum absolute atomic E-state index is 0.768. The molecule has 2 aromatic rings. The van der Waals surface area contributed by atoms with Crippen molar-refractivity contribution >= 4 is 16.8 Å². The van der Waals surface area contributed by atoms with E-state index in [1.807, 2.05) is 31.2 Å². The van der Waals surface area contributed by atoms with Crippen LogP contribution in [-0.4, -0.2) is 0 Å². The van der Waals surface area contributed by atoms with Gasteiger partial charge in [0.05, 0.1) is 5.76 Å². The Bertz CT molecular complexity index is 567. The third kappa shape index (κ3) is 2.23. The average molecular weight is 224 g/mol. The Morgan fingerprint density at radius 1 is 1.24 bits per heavy atom. The number of ether oxygens (including phenoxy) is 1. The molecule has 0 amide bonds. The van der Waals surface area contributed by atoms with Gasteiger partial charge in [-0.2, -0.15) is 0 Å². The molecular formula is C16H16O. The summed E-state index contributed by atoms with van der Waals surface area (Å²) in [6, 6.07) is 12.3. The van der Waals surface area contributed by atoms with Gasteiger partial charge in [-0.15, -0.1) is 0 Å². The van der Waals surface area contributed by atoms with Gasteiger partial charge in [-0.25, -0.2) is 0 Å². The maximum atomic E-state index is 5.83. The van der Waals surface area contributed by atoms with Crippen molar-refractivity contribution in [3.63, 3.8) is 0 Å². The van der Waals surface area contributed by atoms with E-state index < -0.39 is 0 Å². The molecule has 0 spiro atoms. The fourth-order valence-electron chi connectivity index (χ4n) is 1.75. The Hall–Kier alpha value is -2.02. The lowest BCUT2D eigenvalue weighted by Crippen LogP contribution is -1.95. The molecule has 0 aliphatic rings.